The third-order valence-corrected chi connectivity index (χ3v) is 4.49. The molecule has 11 heteroatoms. The summed E-state index contributed by atoms with van der Waals surface area (Å²) in [6, 6.07) is 7.18. The Bertz CT molecular complexity index is 1390. The maximum Gasteiger partial charge on any atom is 0.329 e. The van der Waals surface area contributed by atoms with Crippen molar-refractivity contribution in [1.82, 2.24) is 23.7 Å². The molecular formula is C17H15N7O4. The van der Waals surface area contributed by atoms with Crippen molar-refractivity contribution in [3.63, 3.8) is 0 Å². The Labute approximate surface area is 156 Å². The number of carbonyl (C=O) groups is 1. The summed E-state index contributed by atoms with van der Waals surface area (Å²) in [4.78, 5) is 42.1. The molecule has 3 aromatic heterocycles. The summed E-state index contributed by atoms with van der Waals surface area (Å²) in [5.41, 5.74) is -0.0762. The van der Waals surface area contributed by atoms with Crippen LogP contribution in [0.2, 0.25) is 0 Å². The molecule has 0 spiro atoms. The van der Waals surface area contributed by atoms with Gasteiger partial charge in [0.1, 0.15) is 6.54 Å². The lowest BCUT2D eigenvalue weighted by molar-refractivity contribution is -0.118. The second-order valence-electron chi connectivity index (χ2n) is 6.21. The molecule has 0 saturated heterocycles. The van der Waals surface area contributed by atoms with E-state index in [9.17, 15) is 19.5 Å². The monoisotopic (exact) mass is 381 g/mol. The molecule has 4 rings (SSSR count). The quantitative estimate of drug-likeness (QED) is 0.508. The van der Waals surface area contributed by atoms with E-state index in [1.165, 1.54) is 27.1 Å². The van der Waals surface area contributed by atoms with Crippen LogP contribution in [0.25, 0.3) is 22.1 Å². The predicted octanol–water partition coefficient (Wildman–Crippen LogP) is 0.931. The lowest BCUT2D eigenvalue weighted by Crippen LogP contribution is -2.29. The lowest BCUT2D eigenvalue weighted by Gasteiger charge is -2.01. The first-order valence-electron chi connectivity index (χ1n) is 8.23. The third-order valence-electron chi connectivity index (χ3n) is 4.49. The van der Waals surface area contributed by atoms with Crippen LogP contribution in [0.3, 0.4) is 0 Å². The topological polar surface area (TPSA) is 140 Å². The van der Waals surface area contributed by atoms with E-state index in [0.717, 1.165) is 5.52 Å². The predicted molar refractivity (Wildman–Crippen MR) is 99.7 cm³/mol. The molecule has 4 aromatic rings. The number of nitrogens with zero attached hydrogens (tertiary/aromatic N) is 6. The number of carbonyl (C=O) groups excluding carboxylic acids is 1. The number of fused-ring (bicyclic) bond motifs is 2. The summed E-state index contributed by atoms with van der Waals surface area (Å²) >= 11 is 0. The number of para-hydroxylation sites is 1. The average molecular weight is 381 g/mol. The summed E-state index contributed by atoms with van der Waals surface area (Å²) in [5.74, 6) is -0.767. The highest BCUT2D eigenvalue weighted by atomic mass is 16.3. The molecule has 0 radical (unpaired) electrons. The first kappa shape index (κ1) is 17.4. The van der Waals surface area contributed by atoms with Gasteiger partial charge in [-0.2, -0.15) is 0 Å². The van der Waals surface area contributed by atoms with E-state index in [0.29, 0.717) is 5.39 Å². The maximum atomic E-state index is 12.3. The van der Waals surface area contributed by atoms with E-state index in [-0.39, 0.29) is 29.3 Å². The highest BCUT2D eigenvalue weighted by Gasteiger charge is 2.16. The Morgan fingerprint density at radius 1 is 1.21 bits per heavy atom. The van der Waals surface area contributed by atoms with Gasteiger partial charge >= 0.3 is 5.69 Å². The fourth-order valence-electron chi connectivity index (χ4n) is 3.05. The number of aromatic amines is 1. The number of hydrogen-bond donors (Lipinski definition) is 2. The molecule has 0 saturated carbocycles. The number of aromatic nitrogens is 5. The van der Waals surface area contributed by atoms with Crippen LogP contribution in [0, 0.1) is 0 Å². The summed E-state index contributed by atoms with van der Waals surface area (Å²) in [6.45, 7) is -0.299. The zero-order chi connectivity index (χ0) is 20.0. The molecule has 3 heterocycles. The molecular weight excluding hydrogens is 366 g/mol. The number of rotatable bonds is 3. The van der Waals surface area contributed by atoms with Crippen LogP contribution in [0.15, 0.2) is 50.4 Å². The average Bonchev–Trinajstić information content (AvgIpc) is 3.19. The van der Waals surface area contributed by atoms with Gasteiger partial charge in [0.15, 0.2) is 16.9 Å². The smallest absolute Gasteiger partial charge is 0.329 e. The van der Waals surface area contributed by atoms with Crippen molar-refractivity contribution >= 4 is 33.7 Å². The summed E-state index contributed by atoms with van der Waals surface area (Å²) in [6.07, 6.45) is 1.28. The second-order valence-corrected chi connectivity index (χ2v) is 6.21. The Kier molecular flexibility index (Phi) is 3.91. The van der Waals surface area contributed by atoms with Gasteiger partial charge in [0, 0.05) is 19.5 Å². The van der Waals surface area contributed by atoms with Crippen molar-refractivity contribution in [2.24, 2.45) is 24.3 Å². The first-order chi connectivity index (χ1) is 13.4. The zero-order valence-electron chi connectivity index (χ0n) is 14.9. The molecule has 2 N–H and O–H groups in total. The van der Waals surface area contributed by atoms with Crippen molar-refractivity contribution in [3.8, 4) is 5.88 Å². The number of amides is 1. The number of hydrogen-bond acceptors (Lipinski definition) is 6. The number of benzene rings is 1. The van der Waals surface area contributed by atoms with Crippen LogP contribution in [0.5, 0.6) is 5.88 Å². The van der Waals surface area contributed by atoms with Gasteiger partial charge in [0.05, 0.1) is 11.8 Å². The number of aromatic hydroxyl groups is 1. The van der Waals surface area contributed by atoms with Crippen LogP contribution in [-0.2, 0) is 25.4 Å². The highest BCUT2D eigenvalue weighted by Crippen LogP contribution is 2.37. The van der Waals surface area contributed by atoms with Gasteiger partial charge in [0.2, 0.25) is 5.88 Å². The Hall–Kier alpha value is -4.02. The van der Waals surface area contributed by atoms with E-state index in [4.69, 9.17) is 0 Å². The molecule has 0 unspecified atom stereocenters. The fraction of sp³-hybridized carbons (Fsp3) is 0.176. The molecule has 1 amide bonds. The minimum Gasteiger partial charge on any atom is -0.493 e. The van der Waals surface area contributed by atoms with E-state index < -0.39 is 17.2 Å². The maximum absolute atomic E-state index is 12.3. The van der Waals surface area contributed by atoms with E-state index >= 15 is 0 Å². The van der Waals surface area contributed by atoms with Crippen LogP contribution < -0.4 is 11.2 Å². The van der Waals surface area contributed by atoms with Gasteiger partial charge in [-0.3, -0.25) is 19.1 Å². The molecule has 28 heavy (non-hydrogen) atoms. The van der Waals surface area contributed by atoms with Crippen molar-refractivity contribution in [1.29, 1.82) is 0 Å². The molecule has 0 atom stereocenters. The molecule has 142 valence electrons. The highest BCUT2D eigenvalue weighted by molar-refractivity contribution is 5.95. The van der Waals surface area contributed by atoms with Gasteiger partial charge in [-0.15, -0.1) is 10.2 Å². The Morgan fingerprint density at radius 3 is 2.75 bits per heavy atom. The molecule has 0 aliphatic carbocycles. The molecule has 0 bridgehead atoms. The number of imidazole rings is 1. The van der Waals surface area contributed by atoms with Gasteiger partial charge in [0.25, 0.3) is 11.5 Å². The van der Waals surface area contributed by atoms with Gasteiger partial charge in [-0.1, -0.05) is 18.2 Å². The number of H-pyrrole nitrogens is 1. The number of azo groups is 1. The largest absolute Gasteiger partial charge is 0.493 e. The normalized spacial score (nSPS) is 11.8. The van der Waals surface area contributed by atoms with Crippen molar-refractivity contribution in [2.45, 2.75) is 6.54 Å². The Balaban J connectivity index is 1.67. The van der Waals surface area contributed by atoms with E-state index in [1.54, 1.807) is 19.2 Å². The molecule has 1 aromatic carbocycles. The van der Waals surface area contributed by atoms with Crippen LogP contribution >= 0.6 is 0 Å². The van der Waals surface area contributed by atoms with Gasteiger partial charge in [-0.05, 0) is 6.07 Å². The molecule has 0 aliphatic heterocycles. The minimum atomic E-state index is -0.653. The number of aryl methyl sites for hydroxylation is 2. The van der Waals surface area contributed by atoms with Crippen molar-refractivity contribution in [2.75, 3.05) is 0 Å². The number of nitrogens with one attached hydrogen (secondary N) is 1. The minimum absolute atomic E-state index is 0.0821. The lowest BCUT2D eigenvalue weighted by atomic mass is 10.2. The van der Waals surface area contributed by atoms with E-state index in [1.807, 2.05) is 12.1 Å². The summed E-state index contributed by atoms with van der Waals surface area (Å²) < 4.78 is 4.00. The zero-order valence-corrected chi connectivity index (χ0v) is 14.9. The van der Waals surface area contributed by atoms with Crippen LogP contribution in [0.4, 0.5) is 5.69 Å². The van der Waals surface area contributed by atoms with Crippen molar-refractivity contribution in [3.05, 3.63) is 51.4 Å². The van der Waals surface area contributed by atoms with Gasteiger partial charge in [-0.25, -0.2) is 9.78 Å². The Morgan fingerprint density at radius 2 is 1.96 bits per heavy atom. The van der Waals surface area contributed by atoms with E-state index in [2.05, 4.69) is 20.2 Å². The second kappa shape index (κ2) is 6.30. The van der Waals surface area contributed by atoms with Crippen LogP contribution in [-0.4, -0.2) is 34.7 Å². The van der Waals surface area contributed by atoms with Crippen LogP contribution in [0.1, 0.15) is 0 Å². The molecule has 0 aliphatic rings. The molecule has 11 nitrogen and oxygen atoms in total. The standard InChI is InChI=1S/C17H15N7O4/c1-22-10-6-4-3-5-9(10)12(16(22)27)21-20-11(25)7-24-8-18-14-13(24)15(26)19-17(28)23(14)2/h3-6,8,27H,7H2,1-2H3,(H,19,26,28). The fourth-order valence-corrected chi connectivity index (χ4v) is 3.05. The van der Waals surface area contributed by atoms with Gasteiger partial charge < -0.3 is 14.2 Å². The summed E-state index contributed by atoms with van der Waals surface area (Å²) in [5, 5.41) is 18.4. The third kappa shape index (κ3) is 2.60. The SMILES string of the molecule is Cn1c(O)c(N=NC(=O)Cn2cnc3c2c(=O)[nH]c(=O)n3C)c2ccccc21. The molecule has 0 fully saturated rings. The summed E-state index contributed by atoms with van der Waals surface area (Å²) in [7, 11) is 3.13. The first-order valence-corrected chi connectivity index (χ1v) is 8.23. The van der Waals surface area contributed by atoms with Crippen molar-refractivity contribution < 1.29 is 9.90 Å².